The van der Waals surface area contributed by atoms with Gasteiger partial charge in [0.15, 0.2) is 0 Å². The van der Waals surface area contributed by atoms with E-state index in [1.54, 1.807) is 24.0 Å². The van der Waals surface area contributed by atoms with Crippen LogP contribution in [0, 0.1) is 0 Å². The van der Waals surface area contributed by atoms with Crippen molar-refractivity contribution in [2.75, 3.05) is 33.8 Å². The highest BCUT2D eigenvalue weighted by molar-refractivity contribution is 5.96. The second-order valence-corrected chi connectivity index (χ2v) is 17.3. The van der Waals surface area contributed by atoms with E-state index in [-0.39, 0.29) is 37.9 Å². The molecule has 5 aromatic carbocycles. The summed E-state index contributed by atoms with van der Waals surface area (Å²) < 4.78 is 11.4. The summed E-state index contributed by atoms with van der Waals surface area (Å²) in [5, 5.41) is 5.52. The number of rotatable bonds is 18. The van der Waals surface area contributed by atoms with Crippen molar-refractivity contribution in [2.45, 2.75) is 82.1 Å². The molecule has 4 atom stereocenters. The van der Waals surface area contributed by atoms with Crippen molar-refractivity contribution in [3.05, 3.63) is 167 Å². The van der Waals surface area contributed by atoms with Crippen molar-refractivity contribution < 1.29 is 38.2 Å². The van der Waals surface area contributed by atoms with Gasteiger partial charge in [-0.15, -0.1) is 0 Å². The first-order valence-electron chi connectivity index (χ1n) is 23.0. The number of esters is 1. The van der Waals surface area contributed by atoms with E-state index in [1.807, 2.05) is 127 Å². The molecule has 2 aliphatic rings. The summed E-state index contributed by atoms with van der Waals surface area (Å²) in [6, 6.07) is 38.6. The molecule has 0 bridgehead atoms. The zero-order valence-corrected chi connectivity index (χ0v) is 38.3. The number of nitrogens with zero attached hydrogens (tertiary/aromatic N) is 3. The third-order valence-corrected chi connectivity index (χ3v) is 12.7. The van der Waals surface area contributed by atoms with Gasteiger partial charge in [0.05, 0.1) is 6.42 Å². The minimum atomic E-state index is -1.51. The number of carbonyl (C=O) groups excluding carboxylic acids is 6. The molecule has 0 unspecified atom stereocenters. The first kappa shape index (κ1) is 47.7. The molecule has 1 fully saturated rings. The summed E-state index contributed by atoms with van der Waals surface area (Å²) in [5.74, 6) is -3.06. The molecular formula is C54H59N5O8. The normalized spacial score (nSPS) is 14.8. The summed E-state index contributed by atoms with van der Waals surface area (Å²) in [4.78, 5) is 89.3. The van der Waals surface area contributed by atoms with Crippen molar-refractivity contribution in [2.24, 2.45) is 0 Å². The minimum absolute atomic E-state index is 0.0336. The highest BCUT2D eigenvalue weighted by Gasteiger charge is 2.39. The van der Waals surface area contributed by atoms with Crippen LogP contribution < -0.4 is 10.6 Å². The number of hydrogen-bond acceptors (Lipinski definition) is 8. The number of likely N-dealkylation sites (N-methyl/N-ethyl adjacent to an activating group) is 2. The van der Waals surface area contributed by atoms with Crippen LogP contribution >= 0.6 is 0 Å². The molecule has 1 aliphatic heterocycles. The molecule has 67 heavy (non-hydrogen) atoms. The second-order valence-electron chi connectivity index (χ2n) is 17.3. The van der Waals surface area contributed by atoms with Crippen LogP contribution in [0.4, 0.5) is 4.79 Å². The fourth-order valence-corrected chi connectivity index (χ4v) is 8.96. The van der Waals surface area contributed by atoms with Crippen LogP contribution in [0.15, 0.2) is 140 Å². The van der Waals surface area contributed by atoms with Crippen LogP contribution in [0.2, 0.25) is 0 Å². The quantitative estimate of drug-likeness (QED) is 0.0924. The summed E-state index contributed by atoms with van der Waals surface area (Å²) in [6.07, 6.45) is 1.49. The molecule has 0 radical (unpaired) electrons. The maximum absolute atomic E-state index is 15.0. The Labute approximate surface area is 392 Å². The summed E-state index contributed by atoms with van der Waals surface area (Å²) in [7, 11) is 2.95. The average Bonchev–Trinajstić information content (AvgIpc) is 3.69. The molecule has 2 N–H and O–H groups in total. The van der Waals surface area contributed by atoms with E-state index in [4.69, 9.17) is 9.47 Å². The summed E-state index contributed by atoms with van der Waals surface area (Å²) in [6.45, 7) is 2.79. The van der Waals surface area contributed by atoms with Crippen molar-refractivity contribution in [1.29, 1.82) is 0 Å². The number of likely N-dealkylation sites (tertiary alicyclic amines) is 1. The number of carbonyl (C=O) groups is 6. The van der Waals surface area contributed by atoms with Gasteiger partial charge in [-0.25, -0.2) is 4.79 Å². The molecule has 7 rings (SSSR count). The lowest BCUT2D eigenvalue weighted by Gasteiger charge is -2.36. The van der Waals surface area contributed by atoms with E-state index < -0.39 is 60.4 Å². The lowest BCUT2D eigenvalue weighted by Crippen LogP contribution is -2.60. The predicted molar refractivity (Wildman–Crippen MR) is 254 cm³/mol. The molecule has 5 aromatic rings. The summed E-state index contributed by atoms with van der Waals surface area (Å²) in [5.41, 5.74) is 6.34. The molecule has 348 valence electrons. The third-order valence-electron chi connectivity index (χ3n) is 12.7. The molecular weight excluding hydrogens is 847 g/mol. The van der Waals surface area contributed by atoms with Crippen LogP contribution in [-0.2, 0) is 52.9 Å². The van der Waals surface area contributed by atoms with Gasteiger partial charge in [0.2, 0.25) is 23.6 Å². The van der Waals surface area contributed by atoms with Crippen molar-refractivity contribution in [1.82, 2.24) is 25.3 Å². The van der Waals surface area contributed by atoms with E-state index in [9.17, 15) is 24.0 Å². The number of hydrogen-bond donors (Lipinski definition) is 2. The lowest BCUT2D eigenvalue weighted by atomic mass is 9.98. The number of nitrogens with one attached hydrogen (secondary N) is 2. The second kappa shape index (κ2) is 22.8. The maximum atomic E-state index is 15.0. The van der Waals surface area contributed by atoms with E-state index >= 15 is 4.79 Å². The van der Waals surface area contributed by atoms with Crippen molar-refractivity contribution in [3.8, 4) is 11.1 Å². The Morgan fingerprint density at radius 2 is 1.09 bits per heavy atom. The van der Waals surface area contributed by atoms with Gasteiger partial charge in [0.25, 0.3) is 0 Å². The molecule has 1 saturated heterocycles. The Balaban J connectivity index is 1.13. The highest BCUT2D eigenvalue weighted by Crippen LogP contribution is 2.44. The maximum Gasteiger partial charge on any atom is 0.407 e. The third kappa shape index (κ3) is 12.1. The van der Waals surface area contributed by atoms with Crippen molar-refractivity contribution >= 4 is 35.7 Å². The van der Waals surface area contributed by atoms with Crippen molar-refractivity contribution in [3.63, 3.8) is 0 Å². The molecule has 0 spiro atoms. The van der Waals surface area contributed by atoms with E-state index in [1.165, 1.54) is 23.9 Å². The first-order chi connectivity index (χ1) is 32.5. The SMILES string of the molecule is C[C@H](NC(=O)[C@H](Cc1ccccc1)N(C)C(=O)[C@H](Cc1ccccc1)N(C)C(=O)[C@H](CC(=O)OCc1ccccc1)NC(=O)OCC1c2ccccc2-c2ccccc21)C(=O)N1CCCCC1. The zero-order chi connectivity index (χ0) is 47.3. The number of alkyl carbamates (subject to hydrolysis) is 1. The Morgan fingerprint density at radius 3 is 1.66 bits per heavy atom. The first-order valence-corrected chi connectivity index (χ1v) is 23.0. The average molecular weight is 906 g/mol. The monoisotopic (exact) mass is 905 g/mol. The van der Waals surface area contributed by atoms with Gasteiger partial charge in [0.1, 0.15) is 37.4 Å². The number of ether oxygens (including phenoxy) is 2. The minimum Gasteiger partial charge on any atom is -0.461 e. The van der Waals surface area contributed by atoms with Gasteiger partial charge in [-0.2, -0.15) is 0 Å². The van der Waals surface area contributed by atoms with Crippen LogP contribution in [0.3, 0.4) is 0 Å². The molecule has 0 saturated carbocycles. The topological polar surface area (TPSA) is 155 Å². The largest absolute Gasteiger partial charge is 0.461 e. The van der Waals surface area contributed by atoms with Crippen LogP contribution in [0.1, 0.15) is 66.3 Å². The predicted octanol–water partition coefficient (Wildman–Crippen LogP) is 6.68. The number of benzene rings is 5. The van der Waals surface area contributed by atoms with Gasteiger partial charge >= 0.3 is 12.1 Å². The number of fused-ring (bicyclic) bond motifs is 3. The van der Waals surface area contributed by atoms with Crippen LogP contribution in [0.5, 0.6) is 0 Å². The van der Waals surface area contributed by atoms with E-state index in [2.05, 4.69) is 10.6 Å². The Kier molecular flexibility index (Phi) is 16.2. The molecule has 5 amide bonds. The molecule has 0 aromatic heterocycles. The molecule has 1 heterocycles. The van der Waals surface area contributed by atoms with Crippen LogP contribution in [-0.4, -0.2) is 108 Å². The number of amides is 5. The van der Waals surface area contributed by atoms with E-state index in [0.29, 0.717) is 13.1 Å². The van der Waals surface area contributed by atoms with Crippen LogP contribution in [0.25, 0.3) is 11.1 Å². The Morgan fingerprint density at radius 1 is 0.597 bits per heavy atom. The zero-order valence-electron chi connectivity index (χ0n) is 38.3. The lowest BCUT2D eigenvalue weighted by molar-refractivity contribution is -0.151. The summed E-state index contributed by atoms with van der Waals surface area (Å²) >= 11 is 0. The smallest absolute Gasteiger partial charge is 0.407 e. The molecule has 13 nitrogen and oxygen atoms in total. The van der Waals surface area contributed by atoms with Gasteiger partial charge in [-0.1, -0.05) is 140 Å². The van der Waals surface area contributed by atoms with E-state index in [0.717, 1.165) is 58.2 Å². The molecule has 1 aliphatic carbocycles. The Hall–Kier alpha value is -7.28. The van der Waals surface area contributed by atoms with Gasteiger partial charge in [-0.05, 0) is 65.1 Å². The van der Waals surface area contributed by atoms with Gasteiger partial charge in [-0.3, -0.25) is 24.0 Å². The van der Waals surface area contributed by atoms with Gasteiger partial charge < -0.3 is 34.8 Å². The van der Waals surface area contributed by atoms with Gasteiger partial charge in [0, 0.05) is 45.9 Å². The Bertz CT molecular complexity index is 2450. The highest BCUT2D eigenvalue weighted by atomic mass is 16.5. The standard InChI is InChI=1S/C54H59N5O8/c1-37(51(62)59-30-18-7-19-31-59)55-50(61)47(32-38-20-8-4-9-21-38)57(2)53(64)48(33-39-22-10-5-11-23-39)58(3)52(63)46(34-49(60)66-35-40-24-12-6-13-25-40)56-54(65)67-36-45-43-28-16-14-26-41(43)42-27-15-17-29-44(42)45/h4-6,8-17,20-29,37,45-48H,7,18-19,30-36H2,1-3H3,(H,55,61)(H,56,65)/t37-,46-,47-,48-/m0/s1. The molecule has 13 heteroatoms. The fourth-order valence-electron chi connectivity index (χ4n) is 8.96. The fraction of sp³-hybridized carbons (Fsp3) is 0.333. The number of piperidine rings is 1.